The van der Waals surface area contributed by atoms with E-state index in [1.165, 1.54) is 7.05 Å². The van der Waals surface area contributed by atoms with Crippen molar-refractivity contribution in [3.8, 4) is 0 Å². The Bertz CT molecular complexity index is 529. The second-order valence-electron chi connectivity index (χ2n) is 7.46. The minimum atomic E-state index is -0.769. The molecule has 1 atom stereocenters. The molecule has 6 nitrogen and oxygen atoms in total. The number of ketones is 2. The maximum absolute atomic E-state index is 12.4. The number of hydrogen-bond donors (Lipinski definition) is 0. The summed E-state index contributed by atoms with van der Waals surface area (Å²) in [5, 5.41) is 5.33. The van der Waals surface area contributed by atoms with E-state index in [0.29, 0.717) is 37.3 Å². The Balaban J connectivity index is 2.10. The zero-order chi connectivity index (χ0) is 17.2. The molecule has 2 aliphatic carbocycles. The molecule has 2 fully saturated rings. The van der Waals surface area contributed by atoms with Crippen LogP contribution in [0.4, 0.5) is 4.79 Å². The number of carbonyl (C=O) groups excluding carboxylic acids is 3. The molecule has 0 bridgehead atoms. The number of carbonyl (C=O) groups is 3. The topological polar surface area (TPSA) is 76.0 Å². The molecule has 23 heavy (non-hydrogen) atoms. The molecule has 0 saturated heterocycles. The fraction of sp³-hybridized carbons (Fsp3) is 0.765. The Morgan fingerprint density at radius 1 is 1.26 bits per heavy atom. The molecule has 1 amide bonds. The van der Waals surface area contributed by atoms with Gasteiger partial charge >= 0.3 is 6.09 Å². The summed E-state index contributed by atoms with van der Waals surface area (Å²) in [7, 11) is 1.49. The first kappa shape index (κ1) is 17.6. The van der Waals surface area contributed by atoms with Crippen LogP contribution in [-0.2, 0) is 14.3 Å². The standard InChI is InChI=1S/C17H26N2O4/c1-17(2,3)23-16(22)19(4)18-12-6-5-7-13(20)15(12)14(21)10-11-8-9-11/h11,15H,5-10H2,1-4H3/b18-12-. The van der Waals surface area contributed by atoms with Gasteiger partial charge < -0.3 is 4.74 Å². The zero-order valence-electron chi connectivity index (χ0n) is 14.4. The molecule has 0 N–H and O–H groups in total. The molecule has 0 aromatic rings. The van der Waals surface area contributed by atoms with E-state index in [1.54, 1.807) is 20.8 Å². The molecule has 0 spiro atoms. The van der Waals surface area contributed by atoms with Crippen molar-refractivity contribution < 1.29 is 19.1 Å². The van der Waals surface area contributed by atoms with Gasteiger partial charge in [0.05, 0.1) is 5.71 Å². The van der Waals surface area contributed by atoms with Gasteiger partial charge in [-0.1, -0.05) is 0 Å². The lowest BCUT2D eigenvalue weighted by Gasteiger charge is -2.25. The van der Waals surface area contributed by atoms with Crippen LogP contribution in [0, 0.1) is 11.8 Å². The van der Waals surface area contributed by atoms with Crippen LogP contribution in [0.15, 0.2) is 5.10 Å². The summed E-state index contributed by atoms with van der Waals surface area (Å²) < 4.78 is 5.25. The van der Waals surface area contributed by atoms with Gasteiger partial charge in [-0.3, -0.25) is 9.59 Å². The number of amides is 1. The summed E-state index contributed by atoms with van der Waals surface area (Å²) >= 11 is 0. The minimum Gasteiger partial charge on any atom is -0.442 e. The van der Waals surface area contributed by atoms with Gasteiger partial charge in [0.2, 0.25) is 0 Å². The molecule has 0 radical (unpaired) electrons. The molecule has 0 aromatic carbocycles. The van der Waals surface area contributed by atoms with Gasteiger partial charge in [0.1, 0.15) is 23.1 Å². The lowest BCUT2D eigenvalue weighted by atomic mass is 9.81. The number of Topliss-reactive ketones (excluding diaryl/α,β-unsaturated/α-hetero) is 2. The maximum atomic E-state index is 12.4. The van der Waals surface area contributed by atoms with Crippen molar-refractivity contribution in [2.24, 2.45) is 16.9 Å². The third-order valence-electron chi connectivity index (χ3n) is 3.96. The van der Waals surface area contributed by atoms with E-state index < -0.39 is 17.6 Å². The highest BCUT2D eigenvalue weighted by Crippen LogP contribution is 2.34. The number of hydrazone groups is 1. The molecule has 0 heterocycles. The third kappa shape index (κ3) is 5.15. The quantitative estimate of drug-likeness (QED) is 0.589. The molecule has 2 rings (SSSR count). The van der Waals surface area contributed by atoms with Crippen LogP contribution in [0.2, 0.25) is 0 Å². The largest absolute Gasteiger partial charge is 0.442 e. The predicted octanol–water partition coefficient (Wildman–Crippen LogP) is 2.95. The molecule has 0 aliphatic heterocycles. The van der Waals surface area contributed by atoms with Crippen molar-refractivity contribution in [3.63, 3.8) is 0 Å². The van der Waals surface area contributed by atoms with Crippen LogP contribution in [0.25, 0.3) is 0 Å². The predicted molar refractivity (Wildman–Crippen MR) is 86.1 cm³/mol. The second kappa shape index (κ2) is 6.81. The van der Waals surface area contributed by atoms with E-state index in [9.17, 15) is 14.4 Å². The van der Waals surface area contributed by atoms with E-state index in [2.05, 4.69) is 5.10 Å². The number of ether oxygens (including phenoxy) is 1. The third-order valence-corrected chi connectivity index (χ3v) is 3.96. The van der Waals surface area contributed by atoms with Crippen molar-refractivity contribution in [1.82, 2.24) is 5.01 Å². The molecule has 0 aromatic heterocycles. The Kier molecular flexibility index (Phi) is 5.22. The molecular weight excluding hydrogens is 296 g/mol. The fourth-order valence-corrected chi connectivity index (χ4v) is 2.68. The van der Waals surface area contributed by atoms with E-state index in [1.807, 2.05) is 0 Å². The molecule has 2 saturated carbocycles. The highest BCUT2D eigenvalue weighted by Gasteiger charge is 2.37. The van der Waals surface area contributed by atoms with Gasteiger partial charge in [-0.2, -0.15) is 5.10 Å². The van der Waals surface area contributed by atoms with Gasteiger partial charge in [-0.25, -0.2) is 9.80 Å². The van der Waals surface area contributed by atoms with Gasteiger partial charge in [0.15, 0.2) is 0 Å². The smallest absolute Gasteiger partial charge is 0.430 e. The molecular formula is C17H26N2O4. The maximum Gasteiger partial charge on any atom is 0.430 e. The number of nitrogens with zero attached hydrogens (tertiary/aromatic N) is 2. The Morgan fingerprint density at radius 3 is 2.48 bits per heavy atom. The molecule has 128 valence electrons. The molecule has 6 heteroatoms. The van der Waals surface area contributed by atoms with Crippen LogP contribution < -0.4 is 0 Å². The Labute approximate surface area is 137 Å². The van der Waals surface area contributed by atoms with Crippen molar-refractivity contribution in [1.29, 1.82) is 0 Å². The van der Waals surface area contributed by atoms with Gasteiger partial charge in [-0.05, 0) is 52.4 Å². The Hall–Kier alpha value is -1.72. The lowest BCUT2D eigenvalue weighted by Crippen LogP contribution is -2.38. The minimum absolute atomic E-state index is 0.0476. The summed E-state index contributed by atoms with van der Waals surface area (Å²) in [6.07, 6.45) is 3.65. The average molecular weight is 322 g/mol. The normalized spacial score (nSPS) is 23.7. The first-order valence-electron chi connectivity index (χ1n) is 8.27. The first-order valence-corrected chi connectivity index (χ1v) is 8.27. The van der Waals surface area contributed by atoms with Crippen molar-refractivity contribution in [2.75, 3.05) is 7.05 Å². The summed E-state index contributed by atoms with van der Waals surface area (Å²) in [6, 6.07) is 0. The van der Waals surface area contributed by atoms with Crippen molar-refractivity contribution in [2.45, 2.75) is 64.9 Å². The fourth-order valence-electron chi connectivity index (χ4n) is 2.68. The molecule has 2 aliphatic rings. The summed E-state index contributed by atoms with van der Waals surface area (Å²) in [4.78, 5) is 36.6. The first-order chi connectivity index (χ1) is 10.7. The van der Waals surface area contributed by atoms with Crippen LogP contribution in [0.1, 0.15) is 59.3 Å². The van der Waals surface area contributed by atoms with Crippen molar-refractivity contribution >= 4 is 23.4 Å². The Morgan fingerprint density at radius 2 is 1.91 bits per heavy atom. The SMILES string of the molecule is CN(/N=C1/CCCC(=O)C1C(=O)CC1CC1)C(=O)OC(C)(C)C. The average Bonchev–Trinajstić information content (AvgIpc) is 3.20. The van der Waals surface area contributed by atoms with E-state index in [0.717, 1.165) is 17.9 Å². The van der Waals surface area contributed by atoms with E-state index in [4.69, 9.17) is 4.74 Å². The summed E-state index contributed by atoms with van der Waals surface area (Å²) in [5.41, 5.74) is -0.116. The van der Waals surface area contributed by atoms with Gasteiger partial charge in [0, 0.05) is 19.9 Å². The van der Waals surface area contributed by atoms with Gasteiger partial charge in [0.25, 0.3) is 0 Å². The second-order valence-corrected chi connectivity index (χ2v) is 7.46. The number of hydrogen-bond acceptors (Lipinski definition) is 5. The molecule has 1 unspecified atom stereocenters. The van der Waals surface area contributed by atoms with Crippen molar-refractivity contribution in [3.05, 3.63) is 0 Å². The van der Waals surface area contributed by atoms with Crippen LogP contribution in [-0.4, -0.2) is 41.0 Å². The summed E-state index contributed by atoms with van der Waals surface area (Å²) in [6.45, 7) is 5.33. The monoisotopic (exact) mass is 322 g/mol. The highest BCUT2D eigenvalue weighted by molar-refractivity contribution is 6.22. The summed E-state index contributed by atoms with van der Waals surface area (Å²) in [5.74, 6) is -0.455. The number of rotatable bonds is 4. The van der Waals surface area contributed by atoms with Gasteiger partial charge in [-0.15, -0.1) is 0 Å². The zero-order valence-corrected chi connectivity index (χ0v) is 14.4. The van der Waals surface area contributed by atoms with Crippen LogP contribution in [0.5, 0.6) is 0 Å². The van der Waals surface area contributed by atoms with Crippen LogP contribution >= 0.6 is 0 Å². The lowest BCUT2D eigenvalue weighted by molar-refractivity contribution is -0.130. The van der Waals surface area contributed by atoms with E-state index >= 15 is 0 Å². The van der Waals surface area contributed by atoms with Crippen LogP contribution in [0.3, 0.4) is 0 Å². The highest BCUT2D eigenvalue weighted by atomic mass is 16.6. The van der Waals surface area contributed by atoms with E-state index in [-0.39, 0.29) is 11.6 Å².